The molecule has 9 heteroatoms. The van der Waals surface area contributed by atoms with E-state index in [0.717, 1.165) is 5.56 Å². The minimum absolute atomic E-state index is 0.0640. The lowest BCUT2D eigenvalue weighted by atomic mass is 10.1. The molecule has 0 unspecified atom stereocenters. The Labute approximate surface area is 165 Å². The number of ether oxygens (including phenoxy) is 1. The lowest BCUT2D eigenvalue weighted by Crippen LogP contribution is -2.21. The molecule has 1 heterocycles. The Bertz CT molecular complexity index is 1030. The fraction of sp³-hybridized carbons (Fsp3) is 0.100. The zero-order valence-corrected chi connectivity index (χ0v) is 15.4. The number of benzene rings is 2. The van der Waals surface area contributed by atoms with Gasteiger partial charge in [0.2, 0.25) is 0 Å². The first-order valence-corrected chi connectivity index (χ1v) is 8.55. The first-order chi connectivity index (χ1) is 13.9. The molecule has 0 atom stereocenters. The van der Waals surface area contributed by atoms with E-state index in [1.165, 1.54) is 30.5 Å². The van der Waals surface area contributed by atoms with E-state index in [4.69, 9.17) is 9.15 Å². The van der Waals surface area contributed by atoms with E-state index in [0.29, 0.717) is 17.1 Å². The molecule has 9 nitrogen and oxygen atoms in total. The molecule has 3 rings (SSSR count). The van der Waals surface area contributed by atoms with Gasteiger partial charge in [0.1, 0.15) is 5.75 Å². The summed E-state index contributed by atoms with van der Waals surface area (Å²) >= 11 is 0. The highest BCUT2D eigenvalue weighted by atomic mass is 16.6. The number of nitro groups is 1. The van der Waals surface area contributed by atoms with Gasteiger partial charge in [-0.3, -0.25) is 19.7 Å². The number of non-ortho nitro benzene ring substituents is 1. The fourth-order valence-corrected chi connectivity index (χ4v) is 2.43. The van der Waals surface area contributed by atoms with Crippen molar-refractivity contribution in [2.45, 2.75) is 6.92 Å². The minimum Gasteiger partial charge on any atom is -0.484 e. The van der Waals surface area contributed by atoms with Crippen LogP contribution in [0.2, 0.25) is 0 Å². The van der Waals surface area contributed by atoms with Crippen molar-refractivity contribution in [3.63, 3.8) is 0 Å². The van der Waals surface area contributed by atoms with Crippen LogP contribution in [0.25, 0.3) is 0 Å². The number of nitrogens with zero attached hydrogens (tertiary/aromatic N) is 1. The molecule has 0 aliphatic rings. The third-order valence-electron chi connectivity index (χ3n) is 3.93. The number of aryl methyl sites for hydroxylation is 1. The lowest BCUT2D eigenvalue weighted by molar-refractivity contribution is -0.384. The summed E-state index contributed by atoms with van der Waals surface area (Å²) in [6, 6.07) is 13.7. The Hall–Kier alpha value is -4.14. The van der Waals surface area contributed by atoms with Gasteiger partial charge in [0.15, 0.2) is 12.4 Å². The van der Waals surface area contributed by atoms with Crippen LogP contribution in [0, 0.1) is 17.0 Å². The number of nitrogens with one attached hydrogen (secondary N) is 2. The standard InChI is InChI=1S/C20H17N3O6/c1-13-4-5-14(21-20(25)18-3-2-10-28-18)11-17(13)22-19(24)12-29-16-8-6-15(7-9-16)23(26)27/h2-11H,12H2,1H3,(H,21,25)(H,22,24). The number of carbonyl (C=O) groups is 2. The van der Waals surface area contributed by atoms with Gasteiger partial charge in [0, 0.05) is 23.5 Å². The highest BCUT2D eigenvalue weighted by molar-refractivity contribution is 6.03. The molecular formula is C20H17N3O6. The molecule has 2 aromatic carbocycles. The van der Waals surface area contributed by atoms with Crippen molar-refractivity contribution < 1.29 is 23.7 Å². The number of furan rings is 1. The van der Waals surface area contributed by atoms with Crippen LogP contribution in [0.3, 0.4) is 0 Å². The van der Waals surface area contributed by atoms with Crippen molar-refractivity contribution >= 4 is 28.9 Å². The Kier molecular flexibility index (Phi) is 5.88. The third kappa shape index (κ3) is 5.19. The molecular weight excluding hydrogens is 378 g/mol. The number of hydrogen-bond donors (Lipinski definition) is 2. The van der Waals surface area contributed by atoms with Crippen LogP contribution < -0.4 is 15.4 Å². The summed E-state index contributed by atoms with van der Waals surface area (Å²) in [5, 5.41) is 16.0. The molecule has 0 saturated heterocycles. The Balaban J connectivity index is 1.59. The highest BCUT2D eigenvalue weighted by Crippen LogP contribution is 2.21. The summed E-state index contributed by atoms with van der Waals surface area (Å²) in [5.41, 5.74) is 1.73. The van der Waals surface area contributed by atoms with E-state index in [1.54, 1.807) is 30.3 Å². The van der Waals surface area contributed by atoms with Crippen molar-refractivity contribution in [1.82, 2.24) is 0 Å². The molecule has 148 valence electrons. The van der Waals surface area contributed by atoms with Gasteiger partial charge in [-0.05, 0) is 48.9 Å². The summed E-state index contributed by atoms with van der Waals surface area (Å²) < 4.78 is 10.4. The summed E-state index contributed by atoms with van der Waals surface area (Å²) in [4.78, 5) is 34.4. The molecule has 0 fully saturated rings. The van der Waals surface area contributed by atoms with Crippen molar-refractivity contribution in [3.8, 4) is 5.75 Å². The first kappa shape index (κ1) is 19.6. The number of rotatable bonds is 7. The fourth-order valence-electron chi connectivity index (χ4n) is 2.43. The maximum Gasteiger partial charge on any atom is 0.291 e. The molecule has 1 aromatic heterocycles. The van der Waals surface area contributed by atoms with Crippen LogP contribution in [-0.4, -0.2) is 23.3 Å². The van der Waals surface area contributed by atoms with Gasteiger partial charge in [-0.25, -0.2) is 0 Å². The largest absolute Gasteiger partial charge is 0.484 e. The summed E-state index contributed by atoms with van der Waals surface area (Å²) in [6.07, 6.45) is 1.40. The van der Waals surface area contributed by atoms with Crippen LogP contribution in [0.15, 0.2) is 65.3 Å². The van der Waals surface area contributed by atoms with Crippen molar-refractivity contribution in [2.75, 3.05) is 17.2 Å². The monoisotopic (exact) mass is 395 g/mol. The van der Waals surface area contributed by atoms with Gasteiger partial charge >= 0.3 is 0 Å². The molecule has 2 N–H and O–H groups in total. The van der Waals surface area contributed by atoms with Crippen LogP contribution in [0.1, 0.15) is 16.1 Å². The van der Waals surface area contributed by atoms with Crippen LogP contribution >= 0.6 is 0 Å². The summed E-state index contributed by atoms with van der Waals surface area (Å²) in [5.74, 6) is -0.312. The van der Waals surface area contributed by atoms with E-state index in [2.05, 4.69) is 10.6 Å². The Morgan fingerprint density at radius 3 is 2.52 bits per heavy atom. The third-order valence-corrected chi connectivity index (χ3v) is 3.93. The van der Waals surface area contributed by atoms with Gasteiger partial charge in [0.25, 0.3) is 17.5 Å². The zero-order valence-electron chi connectivity index (χ0n) is 15.4. The smallest absolute Gasteiger partial charge is 0.291 e. The molecule has 0 radical (unpaired) electrons. The second-order valence-corrected chi connectivity index (χ2v) is 6.05. The van der Waals surface area contributed by atoms with Crippen LogP contribution in [0.4, 0.5) is 17.1 Å². The van der Waals surface area contributed by atoms with Gasteiger partial charge < -0.3 is 19.8 Å². The second-order valence-electron chi connectivity index (χ2n) is 6.05. The van der Waals surface area contributed by atoms with Gasteiger partial charge in [-0.2, -0.15) is 0 Å². The number of anilines is 2. The van der Waals surface area contributed by atoms with E-state index in [-0.39, 0.29) is 18.1 Å². The maximum atomic E-state index is 12.2. The van der Waals surface area contributed by atoms with Crippen molar-refractivity contribution in [3.05, 3.63) is 82.3 Å². The molecule has 29 heavy (non-hydrogen) atoms. The molecule has 0 bridgehead atoms. The van der Waals surface area contributed by atoms with Crippen molar-refractivity contribution in [2.24, 2.45) is 0 Å². The maximum absolute atomic E-state index is 12.2. The van der Waals surface area contributed by atoms with Crippen LogP contribution in [-0.2, 0) is 4.79 Å². The first-order valence-electron chi connectivity index (χ1n) is 8.55. The quantitative estimate of drug-likeness (QED) is 0.464. The van der Waals surface area contributed by atoms with E-state index in [1.807, 2.05) is 6.92 Å². The highest BCUT2D eigenvalue weighted by Gasteiger charge is 2.12. The molecule has 0 saturated carbocycles. The number of carbonyl (C=O) groups excluding carboxylic acids is 2. The predicted molar refractivity (Wildman–Crippen MR) is 105 cm³/mol. The number of nitro benzene ring substituents is 1. The topological polar surface area (TPSA) is 124 Å². The normalized spacial score (nSPS) is 10.2. The van der Waals surface area contributed by atoms with Gasteiger partial charge in [0.05, 0.1) is 11.2 Å². The second kappa shape index (κ2) is 8.70. The predicted octanol–water partition coefficient (Wildman–Crippen LogP) is 3.77. The number of amides is 2. The summed E-state index contributed by atoms with van der Waals surface area (Å²) in [6.45, 7) is 1.53. The molecule has 2 amide bonds. The van der Waals surface area contributed by atoms with E-state index < -0.39 is 16.7 Å². The molecule has 0 spiro atoms. The van der Waals surface area contributed by atoms with Crippen molar-refractivity contribution in [1.29, 1.82) is 0 Å². The lowest BCUT2D eigenvalue weighted by Gasteiger charge is -2.12. The molecule has 3 aromatic rings. The average molecular weight is 395 g/mol. The Morgan fingerprint density at radius 2 is 1.86 bits per heavy atom. The van der Waals surface area contributed by atoms with E-state index in [9.17, 15) is 19.7 Å². The van der Waals surface area contributed by atoms with Crippen LogP contribution in [0.5, 0.6) is 5.75 Å². The minimum atomic E-state index is -0.517. The SMILES string of the molecule is Cc1ccc(NC(=O)c2ccco2)cc1NC(=O)COc1ccc([N+](=O)[O-])cc1. The van der Waals surface area contributed by atoms with Gasteiger partial charge in [-0.15, -0.1) is 0 Å². The number of hydrogen-bond acceptors (Lipinski definition) is 6. The van der Waals surface area contributed by atoms with E-state index >= 15 is 0 Å². The molecule has 0 aliphatic heterocycles. The zero-order chi connectivity index (χ0) is 20.8. The average Bonchev–Trinajstić information content (AvgIpc) is 3.24. The Morgan fingerprint density at radius 1 is 1.10 bits per heavy atom. The summed E-state index contributed by atoms with van der Waals surface area (Å²) in [7, 11) is 0. The van der Waals surface area contributed by atoms with Gasteiger partial charge in [-0.1, -0.05) is 6.07 Å². The molecule has 0 aliphatic carbocycles.